The number of benzene rings is 1. The van der Waals surface area contributed by atoms with Crippen molar-refractivity contribution in [2.24, 2.45) is 0 Å². The fraction of sp³-hybridized carbons (Fsp3) is 0.400. The molecule has 0 radical (unpaired) electrons. The lowest BCUT2D eigenvalue weighted by molar-refractivity contribution is -0.131. The monoisotopic (exact) mass is 276 g/mol. The first kappa shape index (κ1) is 13.1. The Bertz CT molecular complexity index is 634. The minimum atomic E-state index is -0.294. The van der Waals surface area contributed by atoms with Crippen LogP contribution in [-0.4, -0.2) is 40.1 Å². The maximum Gasteiger partial charge on any atom is 0.227 e. The predicted octanol–water partition coefficient (Wildman–Crippen LogP) is 1.83. The molecule has 1 fully saturated rings. The third-order valence-electron chi connectivity index (χ3n) is 3.72. The summed E-state index contributed by atoms with van der Waals surface area (Å²) in [5.74, 6) is -0.274. The number of aliphatic hydroxyl groups excluding tert-OH is 1. The summed E-state index contributed by atoms with van der Waals surface area (Å²) in [5, 5.41) is 9.92. The Morgan fingerprint density at radius 2 is 2.25 bits per heavy atom. The van der Waals surface area contributed by atoms with E-state index in [4.69, 9.17) is 5.11 Å². The molecule has 2 aromatic rings. The van der Waals surface area contributed by atoms with Gasteiger partial charge < -0.3 is 15.0 Å². The Labute approximate surface area is 116 Å². The van der Waals surface area contributed by atoms with Crippen LogP contribution in [0.3, 0.4) is 0 Å². The molecule has 4 nitrogen and oxygen atoms in total. The summed E-state index contributed by atoms with van der Waals surface area (Å²) in [6.07, 6.45) is 4.07. The maximum atomic E-state index is 13.1. The average Bonchev–Trinajstić information content (AvgIpc) is 3.19. The summed E-state index contributed by atoms with van der Waals surface area (Å²) < 4.78 is 13.1. The highest BCUT2D eigenvalue weighted by Crippen LogP contribution is 2.28. The lowest BCUT2D eigenvalue weighted by Crippen LogP contribution is -2.36. The van der Waals surface area contributed by atoms with Crippen molar-refractivity contribution >= 4 is 16.8 Å². The van der Waals surface area contributed by atoms with Crippen LogP contribution in [0.5, 0.6) is 0 Å². The van der Waals surface area contributed by atoms with Gasteiger partial charge in [0.25, 0.3) is 0 Å². The molecule has 106 valence electrons. The number of amides is 1. The van der Waals surface area contributed by atoms with Crippen LogP contribution >= 0.6 is 0 Å². The number of carbonyl (C=O) groups excluding carboxylic acids is 1. The smallest absolute Gasteiger partial charge is 0.227 e. The summed E-state index contributed by atoms with van der Waals surface area (Å²) in [4.78, 5) is 17.1. The van der Waals surface area contributed by atoms with Crippen LogP contribution in [0.1, 0.15) is 18.4 Å². The minimum Gasteiger partial charge on any atom is -0.395 e. The van der Waals surface area contributed by atoms with Crippen LogP contribution in [-0.2, 0) is 11.2 Å². The Morgan fingerprint density at radius 3 is 2.95 bits per heavy atom. The SMILES string of the molecule is O=C(Cc1c[nH]c2cc(F)ccc12)N(CCO)C1CC1. The molecule has 1 amide bonds. The van der Waals surface area contributed by atoms with Gasteiger partial charge in [-0.25, -0.2) is 4.39 Å². The second-order valence-electron chi connectivity index (χ2n) is 5.22. The molecule has 0 unspecified atom stereocenters. The zero-order valence-corrected chi connectivity index (χ0v) is 11.1. The van der Waals surface area contributed by atoms with Crippen molar-refractivity contribution in [1.82, 2.24) is 9.88 Å². The molecule has 1 aliphatic carbocycles. The molecule has 0 aliphatic heterocycles. The zero-order chi connectivity index (χ0) is 14.1. The molecule has 1 aromatic heterocycles. The molecule has 1 saturated carbocycles. The molecule has 1 heterocycles. The fourth-order valence-electron chi connectivity index (χ4n) is 2.57. The molecule has 0 bridgehead atoms. The molecule has 0 saturated heterocycles. The minimum absolute atomic E-state index is 0.0126. The number of nitrogens with zero attached hydrogens (tertiary/aromatic N) is 1. The Balaban J connectivity index is 1.79. The molecule has 2 N–H and O–H groups in total. The van der Waals surface area contributed by atoms with Gasteiger partial charge in [-0.2, -0.15) is 0 Å². The van der Waals surface area contributed by atoms with E-state index in [1.807, 2.05) is 0 Å². The maximum absolute atomic E-state index is 13.1. The summed E-state index contributed by atoms with van der Waals surface area (Å²) in [5.41, 5.74) is 1.57. The molecule has 1 aliphatic rings. The van der Waals surface area contributed by atoms with Crippen LogP contribution in [0, 0.1) is 5.82 Å². The number of carbonyl (C=O) groups is 1. The highest BCUT2D eigenvalue weighted by Gasteiger charge is 2.32. The fourth-order valence-corrected chi connectivity index (χ4v) is 2.57. The van der Waals surface area contributed by atoms with Crippen molar-refractivity contribution in [3.8, 4) is 0 Å². The van der Waals surface area contributed by atoms with Gasteiger partial charge in [-0.3, -0.25) is 4.79 Å². The first-order valence-corrected chi connectivity index (χ1v) is 6.85. The van der Waals surface area contributed by atoms with Gasteiger partial charge in [0.05, 0.1) is 13.0 Å². The largest absolute Gasteiger partial charge is 0.395 e. The van der Waals surface area contributed by atoms with E-state index in [-0.39, 0.29) is 30.8 Å². The normalized spacial score (nSPS) is 14.7. The van der Waals surface area contributed by atoms with Crippen LogP contribution < -0.4 is 0 Å². The van der Waals surface area contributed by atoms with Gasteiger partial charge in [-0.1, -0.05) is 0 Å². The molecular formula is C15H17FN2O2. The van der Waals surface area contributed by atoms with Crippen molar-refractivity contribution in [2.75, 3.05) is 13.2 Å². The summed E-state index contributed by atoms with van der Waals surface area (Å²) in [6.45, 7) is 0.377. The number of halogens is 1. The number of H-pyrrole nitrogens is 1. The van der Waals surface area contributed by atoms with E-state index in [9.17, 15) is 9.18 Å². The quantitative estimate of drug-likeness (QED) is 0.875. The van der Waals surface area contributed by atoms with Gasteiger partial charge in [0.15, 0.2) is 0 Å². The topological polar surface area (TPSA) is 56.3 Å². The van der Waals surface area contributed by atoms with Gasteiger partial charge in [-0.05, 0) is 36.6 Å². The molecule has 0 spiro atoms. The molecule has 0 atom stereocenters. The highest BCUT2D eigenvalue weighted by molar-refractivity contribution is 5.89. The van der Waals surface area contributed by atoms with Gasteiger partial charge in [0, 0.05) is 29.7 Å². The lowest BCUT2D eigenvalue weighted by Gasteiger charge is -2.21. The third-order valence-corrected chi connectivity index (χ3v) is 3.72. The number of rotatable bonds is 5. The van der Waals surface area contributed by atoms with Gasteiger partial charge >= 0.3 is 0 Å². The third kappa shape index (κ3) is 2.54. The van der Waals surface area contributed by atoms with Crippen LogP contribution in [0.25, 0.3) is 10.9 Å². The zero-order valence-electron chi connectivity index (χ0n) is 11.1. The number of fused-ring (bicyclic) bond motifs is 1. The number of aromatic nitrogens is 1. The van der Waals surface area contributed by atoms with Crippen LogP contribution in [0.4, 0.5) is 4.39 Å². The van der Waals surface area contributed by atoms with E-state index in [2.05, 4.69) is 4.98 Å². The summed E-state index contributed by atoms with van der Waals surface area (Å²) in [7, 11) is 0. The van der Waals surface area contributed by atoms with Crippen molar-refractivity contribution < 1.29 is 14.3 Å². The van der Waals surface area contributed by atoms with Gasteiger partial charge in [0.1, 0.15) is 5.82 Å². The second-order valence-corrected chi connectivity index (χ2v) is 5.22. The van der Waals surface area contributed by atoms with Crippen molar-refractivity contribution in [3.05, 3.63) is 35.8 Å². The molecule has 20 heavy (non-hydrogen) atoms. The van der Waals surface area contributed by atoms with Crippen LogP contribution in [0.15, 0.2) is 24.4 Å². The van der Waals surface area contributed by atoms with E-state index < -0.39 is 0 Å². The van der Waals surface area contributed by atoms with E-state index >= 15 is 0 Å². The van der Waals surface area contributed by atoms with Crippen molar-refractivity contribution in [2.45, 2.75) is 25.3 Å². The molecule has 5 heteroatoms. The summed E-state index contributed by atoms with van der Waals surface area (Å²) in [6, 6.07) is 4.81. The second kappa shape index (κ2) is 5.25. The first-order valence-electron chi connectivity index (χ1n) is 6.85. The molecular weight excluding hydrogens is 259 g/mol. The van der Waals surface area contributed by atoms with Crippen molar-refractivity contribution in [1.29, 1.82) is 0 Å². The molecule has 3 rings (SSSR count). The Kier molecular flexibility index (Phi) is 3.44. The number of aliphatic hydroxyl groups is 1. The first-order chi connectivity index (χ1) is 9.69. The summed E-state index contributed by atoms with van der Waals surface area (Å²) >= 11 is 0. The van der Waals surface area contributed by atoms with Gasteiger partial charge in [-0.15, -0.1) is 0 Å². The van der Waals surface area contributed by atoms with E-state index in [1.54, 1.807) is 17.2 Å². The van der Waals surface area contributed by atoms with E-state index in [0.717, 1.165) is 23.8 Å². The standard InChI is InChI=1S/C15H17FN2O2/c16-11-1-4-13-10(9-17-14(13)8-11)7-15(20)18(5-6-19)12-2-3-12/h1,4,8-9,12,17,19H,2-3,5-7H2. The van der Waals surface area contributed by atoms with E-state index in [1.165, 1.54) is 12.1 Å². The predicted molar refractivity (Wildman–Crippen MR) is 73.8 cm³/mol. The Hall–Kier alpha value is -1.88. The number of hydrogen-bond acceptors (Lipinski definition) is 2. The number of aromatic amines is 1. The van der Waals surface area contributed by atoms with Crippen molar-refractivity contribution in [3.63, 3.8) is 0 Å². The number of nitrogens with one attached hydrogen (secondary N) is 1. The Morgan fingerprint density at radius 1 is 1.45 bits per heavy atom. The van der Waals surface area contributed by atoms with Crippen LogP contribution in [0.2, 0.25) is 0 Å². The molecule has 1 aromatic carbocycles. The van der Waals surface area contributed by atoms with Gasteiger partial charge in [0.2, 0.25) is 5.91 Å². The van der Waals surface area contributed by atoms with E-state index in [0.29, 0.717) is 12.1 Å². The highest BCUT2D eigenvalue weighted by atomic mass is 19.1. The number of hydrogen-bond donors (Lipinski definition) is 2. The lowest BCUT2D eigenvalue weighted by atomic mass is 10.1. The average molecular weight is 276 g/mol.